The number of piperidine rings is 1. The van der Waals surface area contributed by atoms with Crippen molar-refractivity contribution in [2.45, 2.75) is 44.6 Å². The van der Waals surface area contributed by atoms with E-state index in [1.165, 1.54) is 12.8 Å². The van der Waals surface area contributed by atoms with Crippen LogP contribution in [0.25, 0.3) is 0 Å². The smallest absolute Gasteiger partial charge is 0.224 e. The van der Waals surface area contributed by atoms with Crippen LogP contribution in [0.1, 0.15) is 49.4 Å². The summed E-state index contributed by atoms with van der Waals surface area (Å²) < 4.78 is 0. The predicted octanol–water partition coefficient (Wildman–Crippen LogP) is 1.29. The van der Waals surface area contributed by atoms with Gasteiger partial charge in [0.15, 0.2) is 0 Å². The van der Waals surface area contributed by atoms with Gasteiger partial charge < -0.3 is 10.6 Å². The number of nitrogens with one attached hydrogen (secondary N) is 3. The number of hydrogen-bond acceptors (Lipinski definition) is 3. The molecule has 3 fully saturated rings. The van der Waals surface area contributed by atoms with Gasteiger partial charge in [0.2, 0.25) is 5.91 Å². The Labute approximate surface area is 118 Å². The Morgan fingerprint density at radius 1 is 1.40 bits per heavy atom. The van der Waals surface area contributed by atoms with E-state index in [1.807, 2.05) is 0 Å². The van der Waals surface area contributed by atoms with E-state index in [-0.39, 0.29) is 11.8 Å². The van der Waals surface area contributed by atoms with Crippen LogP contribution in [0, 0.1) is 11.3 Å². The Balaban J connectivity index is 1.29. The molecule has 0 bridgehead atoms. The standard InChI is InChI=1S/C15H22N4O/c20-14(12-8-15(12)3-5-16-6-4-15)17-9-11-7-13(19-18-11)10-1-2-10/h7,10,12,16H,1-6,8-9H2,(H,17,20)(H,18,19)/t12-/m0/s1. The SMILES string of the molecule is O=C(NCc1cc(C2CC2)n[nH]1)[C@@H]1CC12CCNCC2. The van der Waals surface area contributed by atoms with Gasteiger partial charge in [0, 0.05) is 11.8 Å². The summed E-state index contributed by atoms with van der Waals surface area (Å²) in [6, 6.07) is 2.10. The number of nitrogens with zero attached hydrogens (tertiary/aromatic N) is 1. The molecule has 0 radical (unpaired) electrons. The van der Waals surface area contributed by atoms with E-state index in [0.29, 0.717) is 17.9 Å². The maximum absolute atomic E-state index is 12.2. The molecule has 3 N–H and O–H groups in total. The molecule has 2 saturated carbocycles. The molecular weight excluding hydrogens is 252 g/mol. The average molecular weight is 274 g/mol. The van der Waals surface area contributed by atoms with E-state index in [2.05, 4.69) is 26.9 Å². The molecular formula is C15H22N4O. The van der Waals surface area contributed by atoms with E-state index in [9.17, 15) is 4.79 Å². The molecule has 1 atom stereocenters. The van der Waals surface area contributed by atoms with Crippen molar-refractivity contribution in [2.24, 2.45) is 11.3 Å². The minimum atomic E-state index is 0.231. The first kappa shape index (κ1) is 12.4. The summed E-state index contributed by atoms with van der Waals surface area (Å²) in [6.07, 6.45) is 5.91. The molecule has 4 rings (SSSR count). The monoisotopic (exact) mass is 274 g/mol. The van der Waals surface area contributed by atoms with Crippen LogP contribution in [0.3, 0.4) is 0 Å². The summed E-state index contributed by atoms with van der Waals surface area (Å²) in [5.74, 6) is 1.14. The third-order valence-corrected chi connectivity index (χ3v) is 5.20. The van der Waals surface area contributed by atoms with Crippen LogP contribution in [0.5, 0.6) is 0 Å². The average Bonchev–Trinajstić information content (AvgIpc) is 3.38. The van der Waals surface area contributed by atoms with Crippen molar-refractivity contribution in [2.75, 3.05) is 13.1 Å². The minimum absolute atomic E-state index is 0.231. The first-order chi connectivity index (χ1) is 9.77. The van der Waals surface area contributed by atoms with Crippen molar-refractivity contribution in [3.8, 4) is 0 Å². The topological polar surface area (TPSA) is 69.8 Å². The molecule has 0 unspecified atom stereocenters. The highest BCUT2D eigenvalue weighted by Gasteiger charge is 2.57. The maximum Gasteiger partial charge on any atom is 0.224 e. The third-order valence-electron chi connectivity index (χ3n) is 5.20. The number of carbonyl (C=O) groups is 1. The van der Waals surface area contributed by atoms with Crippen LogP contribution >= 0.6 is 0 Å². The highest BCUT2D eigenvalue weighted by atomic mass is 16.2. The number of carbonyl (C=O) groups excluding carboxylic acids is 1. The molecule has 20 heavy (non-hydrogen) atoms. The molecule has 108 valence electrons. The zero-order valence-electron chi connectivity index (χ0n) is 11.7. The molecule has 1 saturated heterocycles. The predicted molar refractivity (Wildman–Crippen MR) is 75.1 cm³/mol. The highest BCUT2D eigenvalue weighted by Crippen LogP contribution is 2.58. The lowest BCUT2D eigenvalue weighted by Gasteiger charge is -2.23. The van der Waals surface area contributed by atoms with Crippen molar-refractivity contribution < 1.29 is 4.79 Å². The minimum Gasteiger partial charge on any atom is -0.350 e. The van der Waals surface area contributed by atoms with E-state index >= 15 is 0 Å². The Bertz CT molecular complexity index is 514. The number of aromatic amines is 1. The van der Waals surface area contributed by atoms with Gasteiger partial charge in [-0.15, -0.1) is 0 Å². The zero-order valence-corrected chi connectivity index (χ0v) is 11.7. The van der Waals surface area contributed by atoms with E-state index in [1.54, 1.807) is 0 Å². The summed E-state index contributed by atoms with van der Waals surface area (Å²) in [7, 11) is 0. The summed E-state index contributed by atoms with van der Waals surface area (Å²) in [6.45, 7) is 2.72. The highest BCUT2D eigenvalue weighted by molar-refractivity contribution is 5.82. The van der Waals surface area contributed by atoms with Crippen LogP contribution in [-0.4, -0.2) is 29.2 Å². The second kappa shape index (κ2) is 4.58. The molecule has 1 amide bonds. The number of rotatable bonds is 4. The van der Waals surface area contributed by atoms with Crippen LogP contribution in [0.4, 0.5) is 0 Å². The molecule has 1 aromatic heterocycles. The van der Waals surface area contributed by atoms with Crippen molar-refractivity contribution in [3.63, 3.8) is 0 Å². The lowest BCUT2D eigenvalue weighted by Crippen LogP contribution is -2.33. The number of H-pyrrole nitrogens is 1. The van der Waals surface area contributed by atoms with Gasteiger partial charge in [-0.25, -0.2) is 0 Å². The molecule has 1 aliphatic heterocycles. The first-order valence-electron chi connectivity index (χ1n) is 7.79. The van der Waals surface area contributed by atoms with Crippen molar-refractivity contribution in [1.82, 2.24) is 20.8 Å². The zero-order chi connectivity index (χ0) is 13.6. The van der Waals surface area contributed by atoms with Crippen molar-refractivity contribution >= 4 is 5.91 Å². The fourth-order valence-electron chi connectivity index (χ4n) is 3.56. The van der Waals surface area contributed by atoms with Gasteiger partial charge in [-0.1, -0.05) is 0 Å². The van der Waals surface area contributed by atoms with Gasteiger partial charge in [0.25, 0.3) is 0 Å². The molecule has 1 aromatic rings. The van der Waals surface area contributed by atoms with Crippen molar-refractivity contribution in [1.29, 1.82) is 0 Å². The molecule has 0 aromatic carbocycles. The molecule has 2 heterocycles. The molecule has 2 aliphatic carbocycles. The second-order valence-corrected chi connectivity index (χ2v) is 6.68. The lowest BCUT2D eigenvalue weighted by atomic mass is 9.92. The largest absolute Gasteiger partial charge is 0.350 e. The Kier molecular flexibility index (Phi) is 2.84. The van der Waals surface area contributed by atoms with Gasteiger partial charge in [-0.3, -0.25) is 9.89 Å². The van der Waals surface area contributed by atoms with Crippen LogP contribution in [0.15, 0.2) is 6.07 Å². The van der Waals surface area contributed by atoms with Crippen LogP contribution in [0.2, 0.25) is 0 Å². The van der Waals surface area contributed by atoms with Gasteiger partial charge in [-0.05, 0) is 56.7 Å². The van der Waals surface area contributed by atoms with E-state index in [4.69, 9.17) is 0 Å². The second-order valence-electron chi connectivity index (χ2n) is 6.68. The Morgan fingerprint density at radius 2 is 2.20 bits per heavy atom. The maximum atomic E-state index is 12.2. The van der Waals surface area contributed by atoms with E-state index < -0.39 is 0 Å². The quantitative estimate of drug-likeness (QED) is 0.775. The molecule has 5 heteroatoms. The molecule has 1 spiro atoms. The van der Waals surface area contributed by atoms with Crippen LogP contribution in [-0.2, 0) is 11.3 Å². The van der Waals surface area contributed by atoms with Crippen molar-refractivity contribution in [3.05, 3.63) is 17.5 Å². The number of amides is 1. The summed E-state index contributed by atoms with van der Waals surface area (Å²) in [4.78, 5) is 12.2. The molecule has 5 nitrogen and oxygen atoms in total. The fourth-order valence-corrected chi connectivity index (χ4v) is 3.56. The number of hydrogen-bond donors (Lipinski definition) is 3. The summed E-state index contributed by atoms with van der Waals surface area (Å²) in [5.41, 5.74) is 2.51. The Morgan fingerprint density at radius 3 is 2.95 bits per heavy atom. The fraction of sp³-hybridized carbons (Fsp3) is 0.733. The van der Waals surface area contributed by atoms with Gasteiger partial charge in [0.05, 0.1) is 17.9 Å². The van der Waals surface area contributed by atoms with Gasteiger partial charge in [0.1, 0.15) is 0 Å². The summed E-state index contributed by atoms with van der Waals surface area (Å²) in [5, 5.41) is 13.8. The van der Waals surface area contributed by atoms with Gasteiger partial charge >= 0.3 is 0 Å². The van der Waals surface area contributed by atoms with Gasteiger partial charge in [-0.2, -0.15) is 5.10 Å². The van der Waals surface area contributed by atoms with E-state index in [0.717, 1.165) is 43.7 Å². The van der Waals surface area contributed by atoms with Crippen LogP contribution < -0.4 is 10.6 Å². The summed E-state index contributed by atoms with van der Waals surface area (Å²) >= 11 is 0. The lowest BCUT2D eigenvalue weighted by molar-refractivity contribution is -0.123. The molecule has 3 aliphatic rings. The number of aromatic nitrogens is 2. The third kappa shape index (κ3) is 2.24. The Hall–Kier alpha value is -1.36. The normalized spacial score (nSPS) is 27.5. The first-order valence-corrected chi connectivity index (χ1v) is 7.79.